The van der Waals surface area contributed by atoms with E-state index in [2.05, 4.69) is 5.32 Å². The van der Waals surface area contributed by atoms with Gasteiger partial charge in [-0.05, 0) is 29.5 Å². The maximum atomic E-state index is 13.0. The van der Waals surface area contributed by atoms with E-state index in [1.54, 1.807) is 0 Å². The molecule has 3 heteroatoms. The maximum Gasteiger partial charge on any atom is 0.228 e. The van der Waals surface area contributed by atoms with Gasteiger partial charge in [0.1, 0.15) is 6.29 Å². The zero-order valence-electron chi connectivity index (χ0n) is 15.1. The molecule has 0 aliphatic carbocycles. The van der Waals surface area contributed by atoms with Crippen LogP contribution >= 0.6 is 0 Å². The van der Waals surface area contributed by atoms with Crippen LogP contribution in [0.1, 0.15) is 22.6 Å². The van der Waals surface area contributed by atoms with Gasteiger partial charge in [-0.3, -0.25) is 4.79 Å². The smallest absolute Gasteiger partial charge is 0.228 e. The third-order valence-electron chi connectivity index (χ3n) is 4.59. The first-order valence-corrected chi connectivity index (χ1v) is 9.14. The Kier molecular flexibility index (Phi) is 6.53. The van der Waals surface area contributed by atoms with Gasteiger partial charge >= 0.3 is 0 Å². The molecule has 1 amide bonds. The number of rotatable bonds is 8. The fourth-order valence-corrected chi connectivity index (χ4v) is 3.18. The molecule has 0 heterocycles. The topological polar surface area (TPSA) is 46.2 Å². The fourth-order valence-electron chi connectivity index (χ4n) is 3.18. The largest absolute Gasteiger partial charge is 0.346 e. The Balaban J connectivity index is 1.76. The van der Waals surface area contributed by atoms with Crippen LogP contribution < -0.4 is 5.32 Å². The summed E-state index contributed by atoms with van der Waals surface area (Å²) in [4.78, 5) is 24.6. The second-order valence-electron chi connectivity index (χ2n) is 6.59. The van der Waals surface area contributed by atoms with Crippen molar-refractivity contribution in [2.75, 3.05) is 0 Å². The number of nitrogens with one attached hydrogen (secondary N) is 1. The highest BCUT2D eigenvalue weighted by Crippen LogP contribution is 2.21. The lowest BCUT2D eigenvalue weighted by atomic mass is 9.90. The van der Waals surface area contributed by atoms with E-state index in [0.29, 0.717) is 12.8 Å². The van der Waals surface area contributed by atoms with Crippen LogP contribution in [0.2, 0.25) is 0 Å². The van der Waals surface area contributed by atoms with Gasteiger partial charge in [-0.25, -0.2) is 0 Å². The van der Waals surface area contributed by atoms with Crippen LogP contribution in [-0.2, 0) is 22.4 Å². The average Bonchev–Trinajstić information content (AvgIpc) is 2.73. The minimum Gasteiger partial charge on any atom is -0.346 e. The van der Waals surface area contributed by atoms with Crippen molar-refractivity contribution in [3.63, 3.8) is 0 Å². The third kappa shape index (κ3) is 5.38. The molecule has 0 radical (unpaired) electrons. The second-order valence-corrected chi connectivity index (χ2v) is 6.59. The number of hydrogen-bond donors (Lipinski definition) is 1. The van der Waals surface area contributed by atoms with Gasteiger partial charge in [-0.15, -0.1) is 0 Å². The summed E-state index contributed by atoms with van der Waals surface area (Å²) < 4.78 is 0. The summed E-state index contributed by atoms with van der Waals surface area (Å²) in [7, 11) is 0. The lowest BCUT2D eigenvalue weighted by Crippen LogP contribution is -2.41. The van der Waals surface area contributed by atoms with Crippen LogP contribution in [-0.4, -0.2) is 18.2 Å². The van der Waals surface area contributed by atoms with E-state index < -0.39 is 6.04 Å². The summed E-state index contributed by atoms with van der Waals surface area (Å²) in [6.45, 7) is 0. The van der Waals surface area contributed by atoms with Crippen LogP contribution in [0, 0.1) is 0 Å². The molecule has 0 spiro atoms. The fraction of sp³-hybridized carbons (Fsp3) is 0.167. The molecule has 0 bridgehead atoms. The molecule has 0 fully saturated rings. The Morgan fingerprint density at radius 3 is 1.74 bits per heavy atom. The standard InChI is InChI=1S/C24H23NO2/c26-18-22(16-19-10-4-1-5-11-19)25-24(27)23(21-14-8-3-9-15-21)17-20-12-6-2-7-13-20/h1-15,18,22-23H,16-17H2,(H,25,27)/t22-,23?/m0/s1. The number of aldehydes is 1. The molecule has 3 rings (SSSR count). The molecule has 3 aromatic carbocycles. The third-order valence-corrected chi connectivity index (χ3v) is 4.59. The summed E-state index contributed by atoms with van der Waals surface area (Å²) in [6, 6.07) is 28.8. The highest BCUT2D eigenvalue weighted by Gasteiger charge is 2.23. The van der Waals surface area contributed by atoms with E-state index in [4.69, 9.17) is 0 Å². The molecular formula is C24H23NO2. The molecule has 27 heavy (non-hydrogen) atoms. The molecule has 1 unspecified atom stereocenters. The highest BCUT2D eigenvalue weighted by molar-refractivity contribution is 5.86. The van der Waals surface area contributed by atoms with E-state index in [1.807, 2.05) is 91.0 Å². The number of benzene rings is 3. The molecule has 3 nitrogen and oxygen atoms in total. The van der Waals surface area contributed by atoms with Crippen LogP contribution in [0.4, 0.5) is 0 Å². The molecule has 3 aromatic rings. The minimum absolute atomic E-state index is 0.127. The number of carbonyl (C=O) groups is 2. The van der Waals surface area contributed by atoms with Gasteiger partial charge < -0.3 is 10.1 Å². The number of carbonyl (C=O) groups excluding carboxylic acids is 2. The lowest BCUT2D eigenvalue weighted by Gasteiger charge is -2.20. The van der Waals surface area contributed by atoms with Crippen LogP contribution in [0.25, 0.3) is 0 Å². The summed E-state index contributed by atoms with van der Waals surface area (Å²) in [6.07, 6.45) is 1.89. The predicted molar refractivity (Wildman–Crippen MR) is 107 cm³/mol. The van der Waals surface area contributed by atoms with Gasteiger partial charge in [0, 0.05) is 0 Å². The average molecular weight is 357 g/mol. The molecular weight excluding hydrogens is 334 g/mol. The van der Waals surface area contributed by atoms with Gasteiger partial charge in [0.15, 0.2) is 0 Å². The van der Waals surface area contributed by atoms with Crippen molar-refractivity contribution >= 4 is 12.2 Å². The van der Waals surface area contributed by atoms with E-state index in [9.17, 15) is 9.59 Å². The van der Waals surface area contributed by atoms with E-state index in [0.717, 1.165) is 23.0 Å². The van der Waals surface area contributed by atoms with E-state index >= 15 is 0 Å². The van der Waals surface area contributed by atoms with Crippen molar-refractivity contribution in [2.45, 2.75) is 24.8 Å². The van der Waals surface area contributed by atoms with Crippen molar-refractivity contribution in [1.82, 2.24) is 5.32 Å². The Bertz CT molecular complexity index is 847. The van der Waals surface area contributed by atoms with E-state index in [-0.39, 0.29) is 11.8 Å². The van der Waals surface area contributed by atoms with Crippen molar-refractivity contribution in [3.05, 3.63) is 108 Å². The first-order valence-electron chi connectivity index (χ1n) is 9.14. The van der Waals surface area contributed by atoms with Gasteiger partial charge in [0.2, 0.25) is 5.91 Å². The molecule has 0 aliphatic rings. The van der Waals surface area contributed by atoms with Gasteiger partial charge in [-0.1, -0.05) is 91.0 Å². The second kappa shape index (κ2) is 9.48. The Hall–Kier alpha value is -3.20. The van der Waals surface area contributed by atoms with Crippen LogP contribution in [0.5, 0.6) is 0 Å². The molecule has 136 valence electrons. The quantitative estimate of drug-likeness (QED) is 0.621. The maximum absolute atomic E-state index is 13.0. The normalized spacial score (nSPS) is 12.7. The van der Waals surface area contributed by atoms with Crippen molar-refractivity contribution in [3.8, 4) is 0 Å². The zero-order chi connectivity index (χ0) is 18.9. The lowest BCUT2D eigenvalue weighted by molar-refractivity contribution is -0.125. The molecule has 0 saturated carbocycles. The number of amides is 1. The van der Waals surface area contributed by atoms with Gasteiger partial charge in [0.05, 0.1) is 12.0 Å². The molecule has 1 N–H and O–H groups in total. The molecule has 0 aliphatic heterocycles. The van der Waals surface area contributed by atoms with E-state index in [1.165, 1.54) is 0 Å². The zero-order valence-corrected chi connectivity index (χ0v) is 15.1. The Labute approximate surface area is 160 Å². The first-order chi connectivity index (χ1) is 13.3. The predicted octanol–water partition coefficient (Wildman–Crippen LogP) is 3.94. The van der Waals surface area contributed by atoms with Crippen molar-refractivity contribution in [2.24, 2.45) is 0 Å². The van der Waals surface area contributed by atoms with Gasteiger partial charge in [-0.2, -0.15) is 0 Å². The van der Waals surface area contributed by atoms with Crippen molar-refractivity contribution in [1.29, 1.82) is 0 Å². The van der Waals surface area contributed by atoms with Crippen molar-refractivity contribution < 1.29 is 9.59 Å². The number of hydrogen-bond acceptors (Lipinski definition) is 2. The SMILES string of the molecule is O=C[C@H](Cc1ccccc1)NC(=O)C(Cc1ccccc1)c1ccccc1. The molecule has 0 aromatic heterocycles. The minimum atomic E-state index is -0.540. The summed E-state index contributed by atoms with van der Waals surface area (Å²) in [5, 5.41) is 2.93. The molecule has 2 atom stereocenters. The van der Waals surface area contributed by atoms with Crippen LogP contribution in [0.15, 0.2) is 91.0 Å². The first kappa shape index (κ1) is 18.6. The Morgan fingerprint density at radius 2 is 1.22 bits per heavy atom. The van der Waals surface area contributed by atoms with Gasteiger partial charge in [0.25, 0.3) is 0 Å². The highest BCUT2D eigenvalue weighted by atomic mass is 16.2. The summed E-state index contributed by atoms with van der Waals surface area (Å²) in [5.74, 6) is -0.468. The van der Waals surface area contributed by atoms with Crippen LogP contribution in [0.3, 0.4) is 0 Å². The Morgan fingerprint density at radius 1 is 0.741 bits per heavy atom. The monoisotopic (exact) mass is 357 g/mol. The summed E-state index contributed by atoms with van der Waals surface area (Å²) in [5.41, 5.74) is 3.06. The molecule has 0 saturated heterocycles. The summed E-state index contributed by atoms with van der Waals surface area (Å²) >= 11 is 0.